The van der Waals surface area contributed by atoms with Crippen molar-refractivity contribution in [2.45, 2.75) is 59.1 Å². The zero-order valence-corrected chi connectivity index (χ0v) is 12.5. The first-order valence-electron chi connectivity index (χ1n) is 6.48. The van der Waals surface area contributed by atoms with E-state index in [0.717, 1.165) is 12.7 Å². The summed E-state index contributed by atoms with van der Waals surface area (Å²) in [5.41, 5.74) is -0.472. The number of carbonyl (C=O) groups excluding carboxylic acids is 2. The molecule has 5 heteroatoms. The molecule has 0 aromatic rings. The van der Waals surface area contributed by atoms with Crippen LogP contribution in [-0.4, -0.2) is 37.6 Å². The molecule has 1 amide bonds. The number of rotatable bonds is 6. The molecular formula is C13H28N2O3. The van der Waals surface area contributed by atoms with E-state index in [1.165, 1.54) is 0 Å². The lowest BCUT2D eigenvalue weighted by molar-refractivity contribution is -0.109. The molecule has 0 rings (SSSR count). The Morgan fingerprint density at radius 1 is 1.33 bits per heavy atom. The van der Waals surface area contributed by atoms with Crippen molar-refractivity contribution in [2.24, 2.45) is 0 Å². The molecule has 2 N–H and O–H groups in total. The number of alkyl carbamates (subject to hydrolysis) is 1. The van der Waals surface area contributed by atoms with Gasteiger partial charge in [-0.1, -0.05) is 13.8 Å². The molecule has 1 atom stereocenters. The maximum atomic E-state index is 11.2. The van der Waals surface area contributed by atoms with Gasteiger partial charge in [0, 0.05) is 6.54 Å². The summed E-state index contributed by atoms with van der Waals surface area (Å²) in [6, 6.07) is -0.138. The number of carbonyl (C=O) groups is 2. The van der Waals surface area contributed by atoms with Crippen LogP contribution in [0.15, 0.2) is 0 Å². The molecule has 0 aliphatic rings. The van der Waals surface area contributed by atoms with Crippen LogP contribution in [0.25, 0.3) is 0 Å². The Morgan fingerprint density at radius 2 is 1.89 bits per heavy atom. The highest BCUT2D eigenvalue weighted by Crippen LogP contribution is 2.06. The van der Waals surface area contributed by atoms with Gasteiger partial charge in [0.15, 0.2) is 0 Å². The quantitative estimate of drug-likeness (QED) is 0.567. The second-order valence-corrected chi connectivity index (χ2v) is 4.60. The van der Waals surface area contributed by atoms with E-state index in [-0.39, 0.29) is 6.04 Å². The Bertz CT molecular complexity index is 225. The molecule has 0 aromatic carbocycles. The number of likely N-dealkylation sites (N-methyl/N-ethyl adjacent to an activating group) is 1. The largest absolute Gasteiger partial charge is 0.444 e. The third-order valence-electron chi connectivity index (χ3n) is 1.90. The molecule has 5 nitrogen and oxygen atoms in total. The molecule has 0 aromatic heterocycles. The number of nitrogens with one attached hydrogen (secondary N) is 2. The standard InChI is InChI=1S/C11H22N2O3.C2H6/c1-11(2,3)16-10(15)13-7-5-6-9(8-14)12-4;1-2/h8-9,12H,5-7H2,1-4H3,(H,13,15);1-2H3. The van der Waals surface area contributed by atoms with Crippen molar-refractivity contribution >= 4 is 12.4 Å². The Morgan fingerprint density at radius 3 is 2.28 bits per heavy atom. The van der Waals surface area contributed by atoms with Crippen LogP contribution in [0.1, 0.15) is 47.5 Å². The van der Waals surface area contributed by atoms with Crippen LogP contribution in [0.2, 0.25) is 0 Å². The van der Waals surface area contributed by atoms with Crippen molar-refractivity contribution in [3.63, 3.8) is 0 Å². The van der Waals surface area contributed by atoms with Gasteiger partial charge in [0.1, 0.15) is 11.9 Å². The van der Waals surface area contributed by atoms with Crippen LogP contribution < -0.4 is 10.6 Å². The van der Waals surface area contributed by atoms with E-state index in [1.807, 2.05) is 34.6 Å². The number of amides is 1. The molecule has 0 saturated carbocycles. The summed E-state index contributed by atoms with van der Waals surface area (Å²) in [5.74, 6) is 0. The first kappa shape index (κ1) is 19.2. The normalized spacial score (nSPS) is 11.9. The maximum Gasteiger partial charge on any atom is 0.407 e. The molecule has 0 radical (unpaired) electrons. The molecule has 18 heavy (non-hydrogen) atoms. The predicted octanol–water partition coefficient (Wildman–Crippen LogP) is 2.10. The van der Waals surface area contributed by atoms with Gasteiger partial charge in [-0.3, -0.25) is 0 Å². The lowest BCUT2D eigenvalue weighted by atomic mass is 10.2. The van der Waals surface area contributed by atoms with Crippen LogP contribution in [0.5, 0.6) is 0 Å². The van der Waals surface area contributed by atoms with E-state index in [4.69, 9.17) is 4.74 Å². The van der Waals surface area contributed by atoms with Crippen LogP contribution in [0, 0.1) is 0 Å². The van der Waals surface area contributed by atoms with Gasteiger partial charge in [-0.2, -0.15) is 0 Å². The molecule has 0 heterocycles. The predicted molar refractivity (Wildman–Crippen MR) is 73.7 cm³/mol. The molecule has 0 fully saturated rings. The molecule has 0 aliphatic heterocycles. The summed E-state index contributed by atoms with van der Waals surface area (Å²) in [6.45, 7) is 9.96. The van der Waals surface area contributed by atoms with Crippen molar-refractivity contribution in [3.05, 3.63) is 0 Å². The summed E-state index contributed by atoms with van der Waals surface area (Å²) in [4.78, 5) is 21.7. The van der Waals surface area contributed by atoms with Crippen LogP contribution in [-0.2, 0) is 9.53 Å². The molecular weight excluding hydrogens is 232 g/mol. The highest BCUT2D eigenvalue weighted by Gasteiger charge is 2.15. The van der Waals surface area contributed by atoms with Gasteiger partial charge in [-0.25, -0.2) is 4.79 Å². The van der Waals surface area contributed by atoms with Crippen molar-refractivity contribution in [3.8, 4) is 0 Å². The number of hydrogen-bond acceptors (Lipinski definition) is 4. The van der Waals surface area contributed by atoms with E-state index in [0.29, 0.717) is 13.0 Å². The first-order valence-corrected chi connectivity index (χ1v) is 6.48. The van der Waals surface area contributed by atoms with Crippen molar-refractivity contribution in [1.82, 2.24) is 10.6 Å². The van der Waals surface area contributed by atoms with Crippen LogP contribution >= 0.6 is 0 Å². The van der Waals surface area contributed by atoms with E-state index in [2.05, 4.69) is 10.6 Å². The van der Waals surface area contributed by atoms with Gasteiger partial charge in [0.2, 0.25) is 0 Å². The topological polar surface area (TPSA) is 67.4 Å². The summed E-state index contributed by atoms with van der Waals surface area (Å²) < 4.78 is 5.06. The molecule has 0 bridgehead atoms. The van der Waals surface area contributed by atoms with E-state index < -0.39 is 11.7 Å². The molecule has 0 saturated heterocycles. The first-order chi connectivity index (χ1) is 8.39. The Hall–Kier alpha value is -1.10. The number of hydrogen-bond donors (Lipinski definition) is 2. The smallest absolute Gasteiger partial charge is 0.407 e. The summed E-state index contributed by atoms with van der Waals surface area (Å²) in [5, 5.41) is 5.50. The molecule has 108 valence electrons. The maximum absolute atomic E-state index is 11.2. The second kappa shape index (κ2) is 11.0. The highest BCUT2D eigenvalue weighted by molar-refractivity contribution is 5.67. The van der Waals surface area contributed by atoms with Gasteiger partial charge < -0.3 is 20.2 Å². The van der Waals surface area contributed by atoms with Crippen LogP contribution in [0.3, 0.4) is 0 Å². The Kier molecular flexibility index (Phi) is 11.8. The number of ether oxygens (including phenoxy) is 1. The van der Waals surface area contributed by atoms with E-state index in [1.54, 1.807) is 7.05 Å². The zero-order valence-electron chi connectivity index (χ0n) is 12.5. The van der Waals surface area contributed by atoms with Gasteiger partial charge >= 0.3 is 6.09 Å². The van der Waals surface area contributed by atoms with Gasteiger partial charge in [-0.15, -0.1) is 0 Å². The van der Waals surface area contributed by atoms with E-state index >= 15 is 0 Å². The molecule has 0 spiro atoms. The van der Waals surface area contributed by atoms with Gasteiger partial charge in [0.25, 0.3) is 0 Å². The summed E-state index contributed by atoms with van der Waals surface area (Å²) in [7, 11) is 1.74. The SMILES string of the molecule is CC.CNC(C=O)CCCNC(=O)OC(C)(C)C. The number of aldehydes is 1. The van der Waals surface area contributed by atoms with Crippen LogP contribution in [0.4, 0.5) is 4.79 Å². The Balaban J connectivity index is 0. The lowest BCUT2D eigenvalue weighted by Crippen LogP contribution is -2.34. The summed E-state index contributed by atoms with van der Waals surface area (Å²) in [6.07, 6.45) is 1.90. The van der Waals surface area contributed by atoms with Gasteiger partial charge in [-0.05, 0) is 40.7 Å². The second-order valence-electron chi connectivity index (χ2n) is 4.60. The fourth-order valence-corrected chi connectivity index (χ4v) is 1.11. The average molecular weight is 260 g/mol. The van der Waals surface area contributed by atoms with Gasteiger partial charge in [0.05, 0.1) is 6.04 Å². The summed E-state index contributed by atoms with van der Waals surface area (Å²) >= 11 is 0. The monoisotopic (exact) mass is 260 g/mol. The van der Waals surface area contributed by atoms with Crippen molar-refractivity contribution in [1.29, 1.82) is 0 Å². The zero-order chi connectivity index (χ0) is 14.6. The average Bonchev–Trinajstić information content (AvgIpc) is 2.30. The minimum absolute atomic E-state index is 0.138. The fourth-order valence-electron chi connectivity index (χ4n) is 1.11. The minimum atomic E-state index is -0.472. The van der Waals surface area contributed by atoms with Crippen molar-refractivity contribution < 1.29 is 14.3 Å². The lowest BCUT2D eigenvalue weighted by Gasteiger charge is -2.19. The molecule has 0 aliphatic carbocycles. The molecule has 1 unspecified atom stereocenters. The highest BCUT2D eigenvalue weighted by atomic mass is 16.6. The fraction of sp³-hybridized carbons (Fsp3) is 0.846. The third kappa shape index (κ3) is 13.0. The third-order valence-corrected chi connectivity index (χ3v) is 1.90. The van der Waals surface area contributed by atoms with Crippen molar-refractivity contribution in [2.75, 3.05) is 13.6 Å². The Labute approximate surface area is 111 Å². The van der Waals surface area contributed by atoms with E-state index in [9.17, 15) is 9.59 Å². The minimum Gasteiger partial charge on any atom is -0.444 e.